The van der Waals surface area contributed by atoms with E-state index in [0.29, 0.717) is 23.5 Å². The molecule has 0 amide bonds. The van der Waals surface area contributed by atoms with Gasteiger partial charge in [0.25, 0.3) is 0 Å². The van der Waals surface area contributed by atoms with Crippen molar-refractivity contribution in [3.63, 3.8) is 0 Å². The molecule has 0 aliphatic rings. The van der Waals surface area contributed by atoms with Crippen LogP contribution in [0.5, 0.6) is 11.5 Å². The summed E-state index contributed by atoms with van der Waals surface area (Å²) >= 11 is 0. The van der Waals surface area contributed by atoms with Gasteiger partial charge >= 0.3 is 0 Å². The van der Waals surface area contributed by atoms with Gasteiger partial charge in [-0.05, 0) is 24.1 Å². The first-order valence-electron chi connectivity index (χ1n) is 5.19. The fourth-order valence-corrected chi connectivity index (χ4v) is 1.53. The molecule has 0 atom stereocenters. The Bertz CT molecular complexity index is 440. The first-order valence-corrected chi connectivity index (χ1v) is 5.19. The van der Waals surface area contributed by atoms with E-state index < -0.39 is 4.92 Å². The van der Waals surface area contributed by atoms with E-state index in [1.165, 1.54) is 7.11 Å². The highest BCUT2D eigenvalue weighted by atomic mass is 16.6. The molecule has 0 aromatic heterocycles. The zero-order valence-electron chi connectivity index (χ0n) is 10.1. The summed E-state index contributed by atoms with van der Waals surface area (Å²) in [4.78, 5) is 10.0. The van der Waals surface area contributed by atoms with Gasteiger partial charge in [0, 0.05) is 5.57 Å². The van der Waals surface area contributed by atoms with E-state index in [2.05, 4.69) is 0 Å². The molecule has 92 valence electrons. The summed E-state index contributed by atoms with van der Waals surface area (Å²) in [5.41, 5.74) is 1.41. The molecule has 0 spiro atoms. The normalized spacial score (nSPS) is 11.1. The fraction of sp³-hybridized carbons (Fsp3) is 0.333. The van der Waals surface area contributed by atoms with Crippen LogP contribution in [-0.2, 0) is 0 Å². The highest BCUT2D eigenvalue weighted by Gasteiger charge is 2.09. The number of nitrogens with zero attached hydrogens (tertiary/aromatic N) is 1. The molecule has 17 heavy (non-hydrogen) atoms. The van der Waals surface area contributed by atoms with Gasteiger partial charge < -0.3 is 9.47 Å². The van der Waals surface area contributed by atoms with E-state index in [0.717, 1.165) is 11.8 Å². The largest absolute Gasteiger partial charge is 0.493 e. The first-order chi connectivity index (χ1) is 8.12. The Kier molecular flexibility index (Phi) is 4.51. The molecule has 0 fully saturated rings. The molecule has 0 bridgehead atoms. The van der Waals surface area contributed by atoms with Crippen molar-refractivity contribution in [2.75, 3.05) is 14.2 Å². The van der Waals surface area contributed by atoms with E-state index in [-0.39, 0.29) is 0 Å². The first kappa shape index (κ1) is 13.0. The van der Waals surface area contributed by atoms with Gasteiger partial charge in [-0.3, -0.25) is 10.1 Å². The maximum Gasteiger partial charge on any atom is 0.238 e. The number of hydrogen-bond donors (Lipinski definition) is 0. The lowest BCUT2D eigenvalue weighted by Crippen LogP contribution is -1.94. The van der Waals surface area contributed by atoms with Crippen molar-refractivity contribution < 1.29 is 14.4 Å². The third-order valence-corrected chi connectivity index (χ3v) is 2.40. The van der Waals surface area contributed by atoms with Gasteiger partial charge in [0.2, 0.25) is 6.20 Å². The second kappa shape index (κ2) is 5.89. The number of rotatable bonds is 5. The topological polar surface area (TPSA) is 61.6 Å². The van der Waals surface area contributed by atoms with Crippen LogP contribution in [0.3, 0.4) is 0 Å². The van der Waals surface area contributed by atoms with Crippen molar-refractivity contribution in [2.24, 2.45) is 0 Å². The molecule has 0 N–H and O–H groups in total. The van der Waals surface area contributed by atoms with Gasteiger partial charge in [-0.1, -0.05) is 13.0 Å². The highest BCUT2D eigenvalue weighted by Crippen LogP contribution is 2.31. The molecule has 1 aromatic rings. The van der Waals surface area contributed by atoms with E-state index in [9.17, 15) is 10.1 Å². The number of benzene rings is 1. The van der Waals surface area contributed by atoms with Gasteiger partial charge in [-0.25, -0.2) is 0 Å². The zero-order chi connectivity index (χ0) is 12.8. The van der Waals surface area contributed by atoms with Crippen molar-refractivity contribution in [1.29, 1.82) is 0 Å². The predicted molar refractivity (Wildman–Crippen MR) is 64.8 cm³/mol. The Morgan fingerprint density at radius 3 is 2.47 bits per heavy atom. The van der Waals surface area contributed by atoms with Gasteiger partial charge in [0.1, 0.15) is 0 Å². The average Bonchev–Trinajstić information content (AvgIpc) is 2.34. The van der Waals surface area contributed by atoms with E-state index in [1.54, 1.807) is 25.3 Å². The van der Waals surface area contributed by atoms with Crippen molar-refractivity contribution >= 4 is 5.57 Å². The van der Waals surface area contributed by atoms with Crippen molar-refractivity contribution in [3.05, 3.63) is 40.1 Å². The lowest BCUT2D eigenvalue weighted by molar-refractivity contribution is -0.401. The molecule has 5 nitrogen and oxygen atoms in total. The fourth-order valence-electron chi connectivity index (χ4n) is 1.53. The second-order valence-corrected chi connectivity index (χ2v) is 3.36. The van der Waals surface area contributed by atoms with Gasteiger partial charge in [-0.15, -0.1) is 0 Å². The molecule has 5 heteroatoms. The quantitative estimate of drug-likeness (QED) is 0.583. The number of allylic oxidation sites excluding steroid dienone is 1. The van der Waals surface area contributed by atoms with E-state index in [1.807, 2.05) is 6.92 Å². The van der Waals surface area contributed by atoms with Gasteiger partial charge in [0.15, 0.2) is 11.5 Å². The Morgan fingerprint density at radius 2 is 2.00 bits per heavy atom. The SMILES string of the molecule is CC/C(=C/[N+](=O)[O-])c1ccc(OC)c(OC)c1. The van der Waals surface area contributed by atoms with Crippen LogP contribution in [0.2, 0.25) is 0 Å². The summed E-state index contributed by atoms with van der Waals surface area (Å²) in [5, 5.41) is 10.5. The third kappa shape index (κ3) is 3.21. The second-order valence-electron chi connectivity index (χ2n) is 3.36. The smallest absolute Gasteiger partial charge is 0.238 e. The van der Waals surface area contributed by atoms with E-state index >= 15 is 0 Å². The minimum Gasteiger partial charge on any atom is -0.493 e. The monoisotopic (exact) mass is 237 g/mol. The summed E-state index contributed by atoms with van der Waals surface area (Å²) in [5.74, 6) is 1.17. The maximum atomic E-state index is 10.5. The number of nitro groups is 1. The Hall–Kier alpha value is -2.04. The van der Waals surface area contributed by atoms with Gasteiger partial charge in [0.05, 0.1) is 19.1 Å². The Balaban J connectivity index is 3.18. The highest BCUT2D eigenvalue weighted by molar-refractivity contribution is 5.67. The molecule has 0 aliphatic heterocycles. The minimum absolute atomic E-state index is 0.449. The molecule has 0 aliphatic carbocycles. The number of ether oxygens (including phenoxy) is 2. The van der Waals surface area contributed by atoms with Gasteiger partial charge in [-0.2, -0.15) is 0 Å². The lowest BCUT2D eigenvalue weighted by atomic mass is 10.0. The van der Waals surface area contributed by atoms with Crippen LogP contribution in [0.4, 0.5) is 0 Å². The van der Waals surface area contributed by atoms with Crippen LogP contribution in [0.15, 0.2) is 24.4 Å². The molecule has 0 radical (unpaired) electrons. The van der Waals surface area contributed by atoms with Crippen LogP contribution in [0, 0.1) is 10.1 Å². The summed E-state index contributed by atoms with van der Waals surface area (Å²) < 4.78 is 10.3. The van der Waals surface area contributed by atoms with Crippen molar-refractivity contribution in [2.45, 2.75) is 13.3 Å². The number of methoxy groups -OCH3 is 2. The lowest BCUT2D eigenvalue weighted by Gasteiger charge is -2.09. The predicted octanol–water partition coefficient (Wildman–Crippen LogP) is 2.73. The molecular weight excluding hydrogens is 222 g/mol. The Morgan fingerprint density at radius 1 is 1.35 bits per heavy atom. The third-order valence-electron chi connectivity index (χ3n) is 2.40. The van der Waals surface area contributed by atoms with Crippen LogP contribution >= 0.6 is 0 Å². The van der Waals surface area contributed by atoms with E-state index in [4.69, 9.17) is 9.47 Å². The molecule has 0 unspecified atom stereocenters. The summed E-state index contributed by atoms with van der Waals surface area (Å²) in [6.45, 7) is 1.87. The maximum absolute atomic E-state index is 10.5. The summed E-state index contributed by atoms with van der Waals surface area (Å²) in [6.07, 6.45) is 1.59. The number of hydrogen-bond acceptors (Lipinski definition) is 4. The van der Waals surface area contributed by atoms with Crippen LogP contribution in [0.25, 0.3) is 5.57 Å². The molecular formula is C12H15NO4. The molecule has 0 heterocycles. The van der Waals surface area contributed by atoms with Crippen LogP contribution in [-0.4, -0.2) is 19.1 Å². The minimum atomic E-state index is -0.449. The van der Waals surface area contributed by atoms with Crippen molar-refractivity contribution in [3.8, 4) is 11.5 Å². The summed E-state index contributed by atoms with van der Waals surface area (Å²) in [7, 11) is 3.08. The van der Waals surface area contributed by atoms with Crippen LogP contribution < -0.4 is 9.47 Å². The summed E-state index contributed by atoms with van der Waals surface area (Å²) in [6, 6.07) is 5.25. The van der Waals surface area contributed by atoms with Crippen molar-refractivity contribution in [1.82, 2.24) is 0 Å². The molecule has 1 rings (SSSR count). The standard InChI is InChI=1S/C12H15NO4/c1-4-9(8-13(14)15)10-5-6-11(16-2)12(7-10)17-3/h5-8H,4H2,1-3H3/b9-8-. The zero-order valence-corrected chi connectivity index (χ0v) is 10.1. The van der Waals surface area contributed by atoms with Crippen LogP contribution in [0.1, 0.15) is 18.9 Å². The molecule has 0 saturated carbocycles. The molecule has 0 saturated heterocycles. The average molecular weight is 237 g/mol. The Labute approximate surface area is 99.8 Å². The molecule has 1 aromatic carbocycles.